The maximum atomic E-state index is 13.3. The van der Waals surface area contributed by atoms with Crippen molar-refractivity contribution in [2.24, 2.45) is 0 Å². The molecule has 0 bridgehead atoms. The maximum absolute atomic E-state index is 13.3. The second-order valence-electron chi connectivity index (χ2n) is 7.61. The van der Waals surface area contributed by atoms with Crippen LogP contribution in [0.5, 0.6) is 0 Å². The Morgan fingerprint density at radius 1 is 1.12 bits per heavy atom. The molecule has 1 unspecified atom stereocenters. The number of hydrogen-bond donors (Lipinski definition) is 1. The molecule has 1 N–H and O–H groups in total. The van der Waals surface area contributed by atoms with Crippen LogP contribution in [0.25, 0.3) is 0 Å². The highest BCUT2D eigenvalue weighted by Crippen LogP contribution is 2.19. The van der Waals surface area contributed by atoms with Crippen LogP contribution in [0.2, 0.25) is 5.02 Å². The van der Waals surface area contributed by atoms with Crippen LogP contribution in [0.15, 0.2) is 48.5 Å². The zero-order valence-corrected chi connectivity index (χ0v) is 19.7. The summed E-state index contributed by atoms with van der Waals surface area (Å²) in [6, 6.07) is 15.9. The molecule has 2 aromatic rings. The zero-order chi connectivity index (χ0) is 22.9. The molecule has 2 aromatic carbocycles. The summed E-state index contributed by atoms with van der Waals surface area (Å²) in [4.78, 5) is 30.2. The second-order valence-corrected chi connectivity index (χ2v) is 9.00. The number of thioether (sulfide) groups is 1. The van der Waals surface area contributed by atoms with E-state index in [-0.39, 0.29) is 11.8 Å². The topological polar surface area (TPSA) is 76.4 Å². The molecule has 1 aliphatic heterocycles. The minimum atomic E-state index is -0.590. The fourth-order valence-electron chi connectivity index (χ4n) is 3.74. The smallest absolute Gasteiger partial charge is 0.253 e. The van der Waals surface area contributed by atoms with Gasteiger partial charge in [-0.15, -0.1) is 0 Å². The highest BCUT2D eigenvalue weighted by molar-refractivity contribution is 7.98. The van der Waals surface area contributed by atoms with Crippen molar-refractivity contribution in [2.75, 3.05) is 43.1 Å². The van der Waals surface area contributed by atoms with Crippen LogP contribution < -0.4 is 10.2 Å². The van der Waals surface area contributed by atoms with Crippen molar-refractivity contribution in [3.63, 3.8) is 0 Å². The predicted octanol–water partition coefficient (Wildman–Crippen LogP) is 3.80. The first-order valence-corrected chi connectivity index (χ1v) is 12.4. The molecule has 0 radical (unpaired) electrons. The van der Waals surface area contributed by atoms with Gasteiger partial charge in [-0.2, -0.15) is 17.0 Å². The molecule has 1 heterocycles. The Balaban J connectivity index is 1.67. The lowest BCUT2D eigenvalue weighted by atomic mass is 10.1. The van der Waals surface area contributed by atoms with E-state index in [4.69, 9.17) is 16.9 Å². The molecule has 1 aliphatic rings. The summed E-state index contributed by atoms with van der Waals surface area (Å²) in [5.41, 5.74) is 2.05. The van der Waals surface area contributed by atoms with Gasteiger partial charge in [0.2, 0.25) is 5.91 Å². The molecule has 0 aliphatic carbocycles. The van der Waals surface area contributed by atoms with E-state index in [1.54, 1.807) is 36.0 Å². The van der Waals surface area contributed by atoms with Crippen LogP contribution in [0.1, 0.15) is 28.8 Å². The van der Waals surface area contributed by atoms with Crippen molar-refractivity contribution in [3.05, 3.63) is 64.7 Å². The Labute approximate surface area is 198 Å². The van der Waals surface area contributed by atoms with Gasteiger partial charge in [-0.05, 0) is 61.2 Å². The summed E-state index contributed by atoms with van der Waals surface area (Å²) in [6.07, 6.45) is 3.38. The molecule has 8 heteroatoms. The quantitative estimate of drug-likeness (QED) is 0.666. The first-order chi connectivity index (χ1) is 15.5. The van der Waals surface area contributed by atoms with Crippen molar-refractivity contribution < 1.29 is 9.59 Å². The molecule has 1 atom stereocenters. The maximum Gasteiger partial charge on any atom is 0.253 e. The standard InChI is InChI=1S/C24H27ClN4O2S/c1-32-16-11-22(27-23(30)20-5-2-3-6-21(20)25)24(31)29-13-4-12-28(14-15-29)19-9-7-18(17-26)8-10-19/h2-3,5-10,22H,4,11-16H2,1H3,(H,27,30). The largest absolute Gasteiger partial charge is 0.370 e. The Morgan fingerprint density at radius 2 is 1.88 bits per heavy atom. The average Bonchev–Trinajstić information content (AvgIpc) is 3.08. The van der Waals surface area contributed by atoms with Gasteiger partial charge in [-0.25, -0.2) is 0 Å². The molecule has 3 rings (SSSR count). The van der Waals surface area contributed by atoms with E-state index < -0.39 is 6.04 Å². The first kappa shape index (κ1) is 24.0. The van der Waals surface area contributed by atoms with Gasteiger partial charge in [0.25, 0.3) is 5.91 Å². The van der Waals surface area contributed by atoms with Crippen molar-refractivity contribution in [1.82, 2.24) is 10.2 Å². The Bertz CT molecular complexity index is 977. The van der Waals surface area contributed by atoms with Crippen molar-refractivity contribution in [2.45, 2.75) is 18.9 Å². The fraction of sp³-hybridized carbons (Fsp3) is 0.375. The van der Waals surface area contributed by atoms with E-state index >= 15 is 0 Å². The second kappa shape index (κ2) is 11.8. The third-order valence-corrected chi connectivity index (χ3v) is 6.48. The highest BCUT2D eigenvalue weighted by atomic mass is 35.5. The van der Waals surface area contributed by atoms with E-state index in [1.807, 2.05) is 35.4 Å². The number of carbonyl (C=O) groups is 2. The summed E-state index contributed by atoms with van der Waals surface area (Å²) in [7, 11) is 0. The van der Waals surface area contributed by atoms with Gasteiger partial charge < -0.3 is 15.1 Å². The number of rotatable bonds is 7. The number of nitrogens with zero attached hydrogens (tertiary/aromatic N) is 3. The SMILES string of the molecule is CSCCC(NC(=O)c1ccccc1Cl)C(=O)N1CCCN(c2ccc(C#N)cc2)CC1. The minimum absolute atomic E-state index is 0.0545. The van der Waals surface area contributed by atoms with Crippen molar-refractivity contribution >= 4 is 40.9 Å². The Kier molecular flexibility index (Phi) is 8.83. The van der Waals surface area contributed by atoms with Crippen molar-refractivity contribution in [1.29, 1.82) is 5.26 Å². The Hall–Kier alpha value is -2.69. The normalized spacial score (nSPS) is 14.9. The van der Waals surface area contributed by atoms with Crippen LogP contribution in [-0.2, 0) is 4.79 Å². The number of nitriles is 1. The van der Waals surface area contributed by atoms with Crippen LogP contribution in [0.4, 0.5) is 5.69 Å². The van der Waals surface area contributed by atoms with Crippen molar-refractivity contribution in [3.8, 4) is 6.07 Å². The number of amides is 2. The number of nitrogens with one attached hydrogen (secondary N) is 1. The lowest BCUT2D eigenvalue weighted by molar-refractivity contribution is -0.133. The summed E-state index contributed by atoms with van der Waals surface area (Å²) in [6.45, 7) is 2.75. The number of hydrogen-bond acceptors (Lipinski definition) is 5. The molecular formula is C24H27ClN4O2S. The molecule has 168 valence electrons. The molecule has 0 spiro atoms. The highest BCUT2D eigenvalue weighted by Gasteiger charge is 2.28. The molecule has 32 heavy (non-hydrogen) atoms. The van der Waals surface area contributed by atoms with Crippen LogP contribution in [-0.4, -0.2) is 60.9 Å². The summed E-state index contributed by atoms with van der Waals surface area (Å²) >= 11 is 7.81. The van der Waals surface area contributed by atoms with E-state index in [0.717, 1.165) is 24.4 Å². The lowest BCUT2D eigenvalue weighted by Gasteiger charge is -2.27. The molecule has 0 saturated carbocycles. The number of halogens is 1. The zero-order valence-electron chi connectivity index (χ0n) is 18.1. The minimum Gasteiger partial charge on any atom is -0.370 e. The summed E-state index contributed by atoms with van der Waals surface area (Å²) < 4.78 is 0. The molecule has 1 saturated heterocycles. The van der Waals surface area contributed by atoms with Gasteiger partial charge in [0.15, 0.2) is 0 Å². The van der Waals surface area contributed by atoms with Gasteiger partial charge in [-0.1, -0.05) is 23.7 Å². The fourth-order valence-corrected chi connectivity index (χ4v) is 4.43. The van der Waals surface area contributed by atoms with Gasteiger partial charge >= 0.3 is 0 Å². The molecule has 1 fully saturated rings. The average molecular weight is 471 g/mol. The van der Waals surface area contributed by atoms with Gasteiger partial charge in [0, 0.05) is 31.9 Å². The lowest BCUT2D eigenvalue weighted by Crippen LogP contribution is -2.49. The van der Waals surface area contributed by atoms with Crippen LogP contribution in [0.3, 0.4) is 0 Å². The first-order valence-electron chi connectivity index (χ1n) is 10.6. The number of benzene rings is 2. The van der Waals surface area contributed by atoms with E-state index in [0.29, 0.717) is 42.2 Å². The van der Waals surface area contributed by atoms with Gasteiger partial charge in [0.1, 0.15) is 6.04 Å². The van der Waals surface area contributed by atoms with E-state index in [1.165, 1.54) is 0 Å². The van der Waals surface area contributed by atoms with Crippen LogP contribution >= 0.6 is 23.4 Å². The molecular weight excluding hydrogens is 444 g/mol. The van der Waals surface area contributed by atoms with E-state index in [2.05, 4.69) is 16.3 Å². The Morgan fingerprint density at radius 3 is 2.56 bits per heavy atom. The van der Waals surface area contributed by atoms with Crippen LogP contribution in [0, 0.1) is 11.3 Å². The summed E-state index contributed by atoms with van der Waals surface area (Å²) in [5, 5.41) is 12.3. The number of anilines is 1. The monoisotopic (exact) mass is 470 g/mol. The van der Waals surface area contributed by atoms with Gasteiger partial charge in [-0.3, -0.25) is 9.59 Å². The third-order valence-electron chi connectivity index (χ3n) is 5.50. The molecule has 2 amide bonds. The van der Waals surface area contributed by atoms with E-state index in [9.17, 15) is 9.59 Å². The van der Waals surface area contributed by atoms with Gasteiger partial charge in [0.05, 0.1) is 22.2 Å². The molecule has 6 nitrogen and oxygen atoms in total. The predicted molar refractivity (Wildman–Crippen MR) is 130 cm³/mol. The third kappa shape index (κ3) is 6.18. The number of carbonyl (C=O) groups excluding carboxylic acids is 2. The summed E-state index contributed by atoms with van der Waals surface area (Å²) in [5.74, 6) is 0.384. The molecule has 0 aromatic heterocycles.